The quantitative estimate of drug-likeness (QED) is 0.602. The molecule has 5 heteroatoms. The Bertz CT molecular complexity index is 539. The predicted molar refractivity (Wildman–Crippen MR) is 75.6 cm³/mol. The van der Waals surface area contributed by atoms with E-state index in [0.717, 1.165) is 24.4 Å². The lowest BCUT2D eigenvalue weighted by Gasteiger charge is -2.08. The molecule has 1 heterocycles. The number of halogens is 1. The molecule has 1 aromatic heterocycles. The third-order valence-corrected chi connectivity index (χ3v) is 3.28. The maximum atomic E-state index is 5.71. The van der Waals surface area contributed by atoms with Gasteiger partial charge in [-0.3, -0.25) is 4.68 Å². The van der Waals surface area contributed by atoms with Gasteiger partial charge in [-0.15, -0.1) is 16.7 Å². The molecule has 1 aromatic carbocycles. The molecule has 102 valence electrons. The molecule has 0 spiro atoms. The second-order valence-electron chi connectivity index (χ2n) is 4.55. The van der Waals surface area contributed by atoms with Gasteiger partial charge in [0.2, 0.25) is 0 Å². The van der Waals surface area contributed by atoms with E-state index in [-0.39, 0.29) is 0 Å². The van der Waals surface area contributed by atoms with E-state index in [4.69, 9.17) is 16.3 Å². The number of alkyl halides is 1. The summed E-state index contributed by atoms with van der Waals surface area (Å²) in [4.78, 5) is 0. The zero-order valence-electron chi connectivity index (χ0n) is 11.3. The summed E-state index contributed by atoms with van der Waals surface area (Å²) in [5, 5.41) is 7.92. The first-order valence-corrected chi connectivity index (χ1v) is 6.87. The van der Waals surface area contributed by atoms with E-state index in [1.807, 2.05) is 12.3 Å². The number of hydrogen-bond acceptors (Lipinski definition) is 3. The molecule has 0 aliphatic carbocycles. The smallest absolute Gasteiger partial charge is 0.119 e. The van der Waals surface area contributed by atoms with Gasteiger partial charge in [0, 0.05) is 19.2 Å². The van der Waals surface area contributed by atoms with Gasteiger partial charge in [0.15, 0.2) is 0 Å². The summed E-state index contributed by atoms with van der Waals surface area (Å²) in [6.07, 6.45) is 2.75. The van der Waals surface area contributed by atoms with Gasteiger partial charge in [-0.05, 0) is 37.1 Å². The molecule has 0 saturated carbocycles. The van der Waals surface area contributed by atoms with Crippen molar-refractivity contribution in [3.05, 3.63) is 41.2 Å². The standard InChI is InChI=1S/C14H18ClN3O/c1-11-4-5-14(8-12(11)2)19-7-3-6-18-10-13(9-15)16-17-18/h4-5,8,10H,3,6-7,9H2,1-2H3. The lowest BCUT2D eigenvalue weighted by Crippen LogP contribution is -2.05. The normalized spacial score (nSPS) is 10.7. The van der Waals surface area contributed by atoms with Crippen molar-refractivity contribution >= 4 is 11.6 Å². The minimum atomic E-state index is 0.402. The Morgan fingerprint density at radius 2 is 2.11 bits per heavy atom. The minimum Gasteiger partial charge on any atom is -0.494 e. The number of rotatable bonds is 6. The van der Waals surface area contributed by atoms with Crippen molar-refractivity contribution in [2.24, 2.45) is 0 Å². The first-order valence-electron chi connectivity index (χ1n) is 6.34. The van der Waals surface area contributed by atoms with Gasteiger partial charge < -0.3 is 4.74 Å². The summed E-state index contributed by atoms with van der Waals surface area (Å²) in [5.41, 5.74) is 3.33. The van der Waals surface area contributed by atoms with E-state index in [1.165, 1.54) is 11.1 Å². The molecule has 0 fully saturated rings. The second kappa shape index (κ2) is 6.57. The van der Waals surface area contributed by atoms with Crippen LogP contribution < -0.4 is 4.74 Å². The largest absolute Gasteiger partial charge is 0.494 e. The van der Waals surface area contributed by atoms with Crippen LogP contribution in [0.2, 0.25) is 0 Å². The van der Waals surface area contributed by atoms with E-state index in [0.29, 0.717) is 12.5 Å². The van der Waals surface area contributed by atoms with Gasteiger partial charge >= 0.3 is 0 Å². The molecular weight excluding hydrogens is 262 g/mol. The SMILES string of the molecule is Cc1ccc(OCCCn2cc(CCl)nn2)cc1C. The molecule has 0 atom stereocenters. The van der Waals surface area contributed by atoms with Gasteiger partial charge in [0.1, 0.15) is 5.75 Å². The number of aromatic nitrogens is 3. The van der Waals surface area contributed by atoms with Crippen LogP contribution in [0.4, 0.5) is 0 Å². The van der Waals surface area contributed by atoms with Crippen molar-refractivity contribution < 1.29 is 4.74 Å². The Morgan fingerprint density at radius 3 is 2.79 bits per heavy atom. The highest BCUT2D eigenvalue weighted by molar-refractivity contribution is 6.16. The third kappa shape index (κ3) is 3.96. The van der Waals surface area contributed by atoms with Gasteiger partial charge in [-0.1, -0.05) is 11.3 Å². The third-order valence-electron chi connectivity index (χ3n) is 3.00. The fourth-order valence-electron chi connectivity index (χ4n) is 1.73. The zero-order valence-corrected chi connectivity index (χ0v) is 12.0. The Labute approximate surface area is 118 Å². The summed E-state index contributed by atoms with van der Waals surface area (Å²) in [6.45, 7) is 5.64. The van der Waals surface area contributed by atoms with Crippen LogP contribution in [-0.4, -0.2) is 21.6 Å². The summed E-state index contributed by atoms with van der Waals surface area (Å²) in [7, 11) is 0. The number of nitrogens with zero attached hydrogens (tertiary/aromatic N) is 3. The fourth-order valence-corrected chi connectivity index (χ4v) is 1.85. The van der Waals surface area contributed by atoms with E-state index in [1.54, 1.807) is 4.68 Å². The molecule has 0 radical (unpaired) electrons. The monoisotopic (exact) mass is 279 g/mol. The summed E-state index contributed by atoms with van der Waals surface area (Å²) in [6, 6.07) is 6.15. The first kappa shape index (κ1) is 13.9. The van der Waals surface area contributed by atoms with Crippen molar-refractivity contribution in [3.8, 4) is 5.75 Å². The average molecular weight is 280 g/mol. The molecular formula is C14H18ClN3O. The molecule has 0 bridgehead atoms. The summed E-state index contributed by atoms with van der Waals surface area (Å²) >= 11 is 5.67. The molecule has 4 nitrogen and oxygen atoms in total. The molecule has 0 unspecified atom stereocenters. The Hall–Kier alpha value is -1.55. The number of aryl methyl sites for hydroxylation is 3. The summed E-state index contributed by atoms with van der Waals surface area (Å²) < 4.78 is 7.50. The maximum Gasteiger partial charge on any atom is 0.119 e. The van der Waals surface area contributed by atoms with Crippen LogP contribution >= 0.6 is 11.6 Å². The van der Waals surface area contributed by atoms with Gasteiger partial charge in [0.05, 0.1) is 18.2 Å². The zero-order chi connectivity index (χ0) is 13.7. The van der Waals surface area contributed by atoms with Crippen molar-refractivity contribution in [3.63, 3.8) is 0 Å². The number of benzene rings is 1. The first-order chi connectivity index (χ1) is 9.19. The van der Waals surface area contributed by atoms with Crippen LogP contribution in [-0.2, 0) is 12.4 Å². The Kier molecular flexibility index (Phi) is 4.80. The molecule has 19 heavy (non-hydrogen) atoms. The van der Waals surface area contributed by atoms with Crippen LogP contribution in [0.1, 0.15) is 23.2 Å². The highest BCUT2D eigenvalue weighted by atomic mass is 35.5. The van der Waals surface area contributed by atoms with Crippen molar-refractivity contribution in [2.75, 3.05) is 6.61 Å². The van der Waals surface area contributed by atoms with Crippen LogP contribution in [0.5, 0.6) is 5.75 Å². The van der Waals surface area contributed by atoms with E-state index in [2.05, 4.69) is 36.3 Å². The second-order valence-corrected chi connectivity index (χ2v) is 4.82. The lowest BCUT2D eigenvalue weighted by molar-refractivity contribution is 0.297. The molecule has 0 amide bonds. The van der Waals surface area contributed by atoms with Crippen LogP contribution in [0.25, 0.3) is 0 Å². The predicted octanol–water partition coefficient (Wildman–Crippen LogP) is 3.10. The molecule has 0 N–H and O–H groups in total. The van der Waals surface area contributed by atoms with E-state index >= 15 is 0 Å². The van der Waals surface area contributed by atoms with Gasteiger partial charge in [0.25, 0.3) is 0 Å². The topological polar surface area (TPSA) is 39.9 Å². The molecule has 2 rings (SSSR count). The van der Waals surface area contributed by atoms with E-state index in [9.17, 15) is 0 Å². The van der Waals surface area contributed by atoms with Crippen molar-refractivity contribution in [2.45, 2.75) is 32.7 Å². The van der Waals surface area contributed by atoms with Crippen molar-refractivity contribution in [1.82, 2.24) is 15.0 Å². The molecule has 0 saturated heterocycles. The van der Waals surface area contributed by atoms with E-state index < -0.39 is 0 Å². The molecule has 0 aliphatic rings. The summed E-state index contributed by atoms with van der Waals surface area (Å²) in [5.74, 6) is 1.32. The Balaban J connectivity index is 1.75. The average Bonchev–Trinajstić information content (AvgIpc) is 2.87. The van der Waals surface area contributed by atoms with Crippen LogP contribution in [0.3, 0.4) is 0 Å². The molecule has 2 aromatic rings. The number of hydrogen-bond donors (Lipinski definition) is 0. The van der Waals surface area contributed by atoms with Gasteiger partial charge in [-0.25, -0.2) is 0 Å². The Morgan fingerprint density at radius 1 is 1.26 bits per heavy atom. The maximum absolute atomic E-state index is 5.71. The lowest BCUT2D eigenvalue weighted by atomic mass is 10.1. The minimum absolute atomic E-state index is 0.402. The van der Waals surface area contributed by atoms with Crippen molar-refractivity contribution in [1.29, 1.82) is 0 Å². The number of ether oxygens (including phenoxy) is 1. The van der Waals surface area contributed by atoms with Crippen LogP contribution in [0, 0.1) is 13.8 Å². The van der Waals surface area contributed by atoms with Crippen LogP contribution in [0.15, 0.2) is 24.4 Å². The fraction of sp³-hybridized carbons (Fsp3) is 0.429. The highest BCUT2D eigenvalue weighted by Crippen LogP contribution is 2.16. The highest BCUT2D eigenvalue weighted by Gasteiger charge is 2.00. The molecule has 0 aliphatic heterocycles. The van der Waals surface area contributed by atoms with Gasteiger partial charge in [-0.2, -0.15) is 0 Å².